The Morgan fingerprint density at radius 3 is 2.36 bits per heavy atom. The van der Waals surface area contributed by atoms with Crippen molar-refractivity contribution in [1.29, 1.82) is 0 Å². The van der Waals surface area contributed by atoms with E-state index in [4.69, 9.17) is 11.5 Å². The van der Waals surface area contributed by atoms with Crippen molar-refractivity contribution in [3.8, 4) is 0 Å². The molecule has 0 aliphatic carbocycles. The molecule has 4 heteroatoms. The van der Waals surface area contributed by atoms with E-state index in [0.717, 1.165) is 5.69 Å². The quantitative estimate of drug-likeness (QED) is 0.605. The van der Waals surface area contributed by atoms with Crippen molar-refractivity contribution in [3.63, 3.8) is 0 Å². The molecule has 1 heterocycles. The summed E-state index contributed by atoms with van der Waals surface area (Å²) in [6, 6.07) is 2.20. The van der Waals surface area contributed by atoms with Gasteiger partial charge in [-0.25, -0.2) is 0 Å². The van der Waals surface area contributed by atoms with Crippen LogP contribution in [0.1, 0.15) is 31.7 Å². The van der Waals surface area contributed by atoms with Gasteiger partial charge in [-0.3, -0.25) is 4.68 Å². The van der Waals surface area contributed by atoms with E-state index in [9.17, 15) is 0 Å². The summed E-state index contributed by atoms with van der Waals surface area (Å²) >= 11 is 0. The van der Waals surface area contributed by atoms with E-state index in [2.05, 4.69) is 18.9 Å². The minimum absolute atomic E-state index is 0.363. The highest BCUT2D eigenvalue weighted by Crippen LogP contribution is 2.06. The summed E-state index contributed by atoms with van der Waals surface area (Å²) < 4.78 is 1.84. The van der Waals surface area contributed by atoms with Gasteiger partial charge in [-0.05, 0) is 19.9 Å². The Morgan fingerprint density at radius 1 is 1.45 bits per heavy atom. The van der Waals surface area contributed by atoms with Crippen LogP contribution in [0.3, 0.4) is 0 Å². The number of rotatable bonds is 2. The third-order valence-electron chi connectivity index (χ3n) is 1.50. The first-order valence-electron chi connectivity index (χ1n) is 3.67. The third kappa shape index (κ3) is 1.78. The Labute approximate surface area is 66.2 Å². The number of hydrogen-bond acceptors (Lipinski definition) is 3. The van der Waals surface area contributed by atoms with Gasteiger partial charge < -0.3 is 11.5 Å². The number of nitrogens with zero attached hydrogens (tertiary/aromatic N) is 2. The molecule has 4 N–H and O–H groups in total. The molecule has 0 saturated heterocycles. The summed E-state index contributed by atoms with van der Waals surface area (Å²) in [4.78, 5) is 0. The van der Waals surface area contributed by atoms with Crippen molar-refractivity contribution in [2.45, 2.75) is 26.1 Å². The highest BCUT2D eigenvalue weighted by atomic mass is 15.3. The van der Waals surface area contributed by atoms with Gasteiger partial charge in [-0.15, -0.1) is 0 Å². The first-order valence-corrected chi connectivity index (χ1v) is 3.67. The highest BCUT2D eigenvalue weighted by molar-refractivity contribution is 5.03. The van der Waals surface area contributed by atoms with Gasteiger partial charge in [0.05, 0.1) is 11.9 Å². The molecule has 0 atom stereocenters. The summed E-state index contributed by atoms with van der Waals surface area (Å²) in [5, 5.41) is 4.18. The lowest BCUT2D eigenvalue weighted by Gasteiger charge is -2.04. The first kappa shape index (κ1) is 8.23. The topological polar surface area (TPSA) is 69.9 Å². The summed E-state index contributed by atoms with van der Waals surface area (Å²) in [5.74, 6) is 0. The Morgan fingerprint density at radius 2 is 2.09 bits per heavy atom. The van der Waals surface area contributed by atoms with Gasteiger partial charge >= 0.3 is 0 Å². The van der Waals surface area contributed by atoms with E-state index in [-0.39, 0.29) is 0 Å². The molecule has 0 bridgehead atoms. The average Bonchev–Trinajstić information content (AvgIpc) is 2.33. The summed E-state index contributed by atoms with van der Waals surface area (Å²) in [5.41, 5.74) is 11.6. The number of aromatic nitrogens is 2. The highest BCUT2D eigenvalue weighted by Gasteiger charge is 2.04. The van der Waals surface area contributed by atoms with Gasteiger partial charge in [-0.2, -0.15) is 5.10 Å². The van der Waals surface area contributed by atoms with Crippen LogP contribution in [0.25, 0.3) is 0 Å². The van der Waals surface area contributed by atoms with Crippen LogP contribution in [0.5, 0.6) is 0 Å². The first-order chi connectivity index (χ1) is 5.11. The maximum atomic E-state index is 5.43. The van der Waals surface area contributed by atoms with Crippen LogP contribution in [0.15, 0.2) is 12.3 Å². The van der Waals surface area contributed by atoms with E-state index in [1.54, 1.807) is 0 Å². The fraction of sp³-hybridized carbons (Fsp3) is 0.571. The van der Waals surface area contributed by atoms with Crippen molar-refractivity contribution >= 4 is 0 Å². The van der Waals surface area contributed by atoms with E-state index in [0.29, 0.717) is 6.04 Å². The number of nitrogens with two attached hydrogens (primary N) is 2. The van der Waals surface area contributed by atoms with E-state index in [1.807, 2.05) is 16.9 Å². The fourth-order valence-electron chi connectivity index (χ4n) is 0.818. The second-order valence-electron chi connectivity index (χ2n) is 2.84. The molecule has 0 saturated carbocycles. The molecule has 0 radical (unpaired) electrons. The van der Waals surface area contributed by atoms with E-state index in [1.165, 1.54) is 0 Å². The molecule has 0 aliphatic rings. The van der Waals surface area contributed by atoms with Crippen molar-refractivity contribution in [1.82, 2.24) is 9.78 Å². The molecule has 0 aliphatic heterocycles. The standard InChI is InChI=1S/C7H14N4/c1-5(2)11-4-3-6(10-11)7(8)9/h3-5,7H,8-9H2,1-2H3. The summed E-state index contributed by atoms with van der Waals surface area (Å²) in [7, 11) is 0. The lowest BCUT2D eigenvalue weighted by molar-refractivity contribution is 0.520. The smallest absolute Gasteiger partial charge is 0.0978 e. The van der Waals surface area contributed by atoms with Crippen LogP contribution in [0.2, 0.25) is 0 Å². The maximum absolute atomic E-state index is 5.43. The molecule has 0 amide bonds. The van der Waals surface area contributed by atoms with Gasteiger partial charge in [0.1, 0.15) is 0 Å². The molecule has 11 heavy (non-hydrogen) atoms. The molecular weight excluding hydrogens is 140 g/mol. The zero-order valence-electron chi connectivity index (χ0n) is 6.86. The van der Waals surface area contributed by atoms with Crippen molar-refractivity contribution in [2.75, 3.05) is 0 Å². The van der Waals surface area contributed by atoms with Crippen molar-refractivity contribution < 1.29 is 0 Å². The van der Waals surface area contributed by atoms with E-state index < -0.39 is 6.17 Å². The van der Waals surface area contributed by atoms with Crippen molar-refractivity contribution in [3.05, 3.63) is 18.0 Å². The van der Waals surface area contributed by atoms with Gasteiger partial charge in [0.25, 0.3) is 0 Å². The molecule has 0 unspecified atom stereocenters. The zero-order chi connectivity index (χ0) is 8.43. The SMILES string of the molecule is CC(C)n1ccc(C(N)N)n1. The Balaban J connectivity index is 2.82. The Hall–Kier alpha value is -0.870. The Kier molecular flexibility index (Phi) is 2.26. The summed E-state index contributed by atoms with van der Waals surface area (Å²) in [6.45, 7) is 4.11. The lowest BCUT2D eigenvalue weighted by atomic mass is 10.4. The molecule has 0 spiro atoms. The molecule has 0 aromatic carbocycles. The van der Waals surface area contributed by atoms with Gasteiger partial charge in [-0.1, -0.05) is 0 Å². The lowest BCUT2D eigenvalue weighted by Crippen LogP contribution is -2.21. The van der Waals surface area contributed by atoms with Crippen LogP contribution in [-0.2, 0) is 0 Å². The fourth-order valence-corrected chi connectivity index (χ4v) is 0.818. The molecule has 62 valence electrons. The van der Waals surface area contributed by atoms with E-state index >= 15 is 0 Å². The van der Waals surface area contributed by atoms with Crippen LogP contribution >= 0.6 is 0 Å². The average molecular weight is 154 g/mol. The van der Waals surface area contributed by atoms with Crippen LogP contribution in [-0.4, -0.2) is 9.78 Å². The minimum atomic E-state index is -0.463. The predicted octanol–water partition coefficient (Wildman–Crippen LogP) is 0.380. The van der Waals surface area contributed by atoms with Gasteiger partial charge in [0.2, 0.25) is 0 Å². The third-order valence-corrected chi connectivity index (χ3v) is 1.50. The molecule has 4 nitrogen and oxygen atoms in total. The molecule has 1 aromatic heterocycles. The normalized spacial score (nSPS) is 11.5. The van der Waals surface area contributed by atoms with Crippen molar-refractivity contribution in [2.24, 2.45) is 11.5 Å². The van der Waals surface area contributed by atoms with Crippen LogP contribution in [0.4, 0.5) is 0 Å². The second kappa shape index (κ2) is 3.02. The van der Waals surface area contributed by atoms with Gasteiger partial charge in [0, 0.05) is 12.2 Å². The largest absolute Gasteiger partial charge is 0.311 e. The monoisotopic (exact) mass is 154 g/mol. The number of hydrogen-bond donors (Lipinski definition) is 2. The van der Waals surface area contributed by atoms with Gasteiger partial charge in [0.15, 0.2) is 0 Å². The zero-order valence-corrected chi connectivity index (χ0v) is 6.86. The Bertz CT molecular complexity index is 204. The maximum Gasteiger partial charge on any atom is 0.0978 e. The predicted molar refractivity (Wildman–Crippen MR) is 43.7 cm³/mol. The molecule has 1 aromatic rings. The molecular formula is C7H14N4. The van der Waals surface area contributed by atoms with Crippen LogP contribution < -0.4 is 11.5 Å². The van der Waals surface area contributed by atoms with Crippen LogP contribution in [0, 0.1) is 0 Å². The molecule has 1 rings (SSSR count). The molecule has 0 fully saturated rings. The second-order valence-corrected chi connectivity index (χ2v) is 2.84. The summed E-state index contributed by atoms with van der Waals surface area (Å²) in [6.07, 6.45) is 1.42. The minimum Gasteiger partial charge on any atom is -0.311 e.